The molecule has 1 aliphatic rings. The third-order valence-corrected chi connectivity index (χ3v) is 4.21. The van der Waals surface area contributed by atoms with Crippen LogP contribution in [0.3, 0.4) is 0 Å². The molecule has 8 heteroatoms. The molecule has 26 heavy (non-hydrogen) atoms. The van der Waals surface area contributed by atoms with Gasteiger partial charge < -0.3 is 20.3 Å². The Bertz CT molecular complexity index is 583. The Balaban J connectivity index is 0.00000338. The summed E-state index contributed by atoms with van der Waals surface area (Å²) in [6, 6.07) is 5.97. The lowest BCUT2D eigenvalue weighted by Crippen LogP contribution is -2.43. The Morgan fingerprint density at radius 1 is 1.31 bits per heavy atom. The second-order valence-electron chi connectivity index (χ2n) is 6.18. The number of methoxy groups -OCH3 is 1. The predicted molar refractivity (Wildman–Crippen MR) is 111 cm³/mol. The molecule has 2 N–H and O–H groups in total. The second-order valence-corrected chi connectivity index (χ2v) is 6.18. The van der Waals surface area contributed by atoms with Crippen LogP contribution in [-0.2, 0) is 16.0 Å². The monoisotopic (exact) mass is 478 g/mol. The fourth-order valence-electron chi connectivity index (χ4n) is 2.96. The van der Waals surface area contributed by atoms with Gasteiger partial charge in [0.05, 0.1) is 13.0 Å². The van der Waals surface area contributed by atoms with E-state index < -0.39 is 0 Å². The van der Waals surface area contributed by atoms with Gasteiger partial charge in [-0.15, -0.1) is 24.0 Å². The Hall–Kier alpha value is -1.42. The zero-order chi connectivity index (χ0) is 18.1. The van der Waals surface area contributed by atoms with Gasteiger partial charge in [0.1, 0.15) is 5.82 Å². The molecule has 0 radical (unpaired) electrons. The van der Waals surface area contributed by atoms with E-state index in [1.807, 2.05) is 0 Å². The van der Waals surface area contributed by atoms with E-state index in [1.54, 1.807) is 26.3 Å². The molecule has 1 aliphatic heterocycles. The van der Waals surface area contributed by atoms with Gasteiger partial charge in [-0.2, -0.15) is 0 Å². The van der Waals surface area contributed by atoms with Crippen molar-refractivity contribution in [3.05, 3.63) is 35.6 Å². The van der Waals surface area contributed by atoms with Crippen molar-refractivity contribution in [3.63, 3.8) is 0 Å². The number of hydrogen-bond acceptors (Lipinski definition) is 3. The quantitative estimate of drug-likeness (QED) is 0.271. The number of amides is 1. The van der Waals surface area contributed by atoms with Crippen molar-refractivity contribution in [2.75, 3.05) is 46.9 Å². The number of halogens is 2. The average Bonchev–Trinajstić information content (AvgIpc) is 3.06. The maximum absolute atomic E-state index is 12.8. The van der Waals surface area contributed by atoms with Gasteiger partial charge in [-0.05, 0) is 24.1 Å². The maximum atomic E-state index is 12.8. The Morgan fingerprint density at radius 3 is 2.65 bits per heavy atom. The second kappa shape index (κ2) is 12.1. The molecule has 1 aromatic carbocycles. The van der Waals surface area contributed by atoms with Crippen LogP contribution in [0, 0.1) is 11.7 Å². The summed E-state index contributed by atoms with van der Waals surface area (Å²) in [5.74, 6) is 1.02. The number of ether oxygens (including phenoxy) is 1. The van der Waals surface area contributed by atoms with Gasteiger partial charge in [-0.3, -0.25) is 9.79 Å². The van der Waals surface area contributed by atoms with Gasteiger partial charge in [-0.25, -0.2) is 4.39 Å². The molecule has 146 valence electrons. The summed E-state index contributed by atoms with van der Waals surface area (Å²) in [4.78, 5) is 18.4. The first-order valence-corrected chi connectivity index (χ1v) is 8.58. The molecule has 0 aromatic heterocycles. The van der Waals surface area contributed by atoms with Crippen molar-refractivity contribution in [3.8, 4) is 0 Å². The number of rotatable bonds is 7. The number of hydrogen-bond donors (Lipinski definition) is 2. The first-order chi connectivity index (χ1) is 12.1. The third-order valence-electron chi connectivity index (χ3n) is 4.21. The maximum Gasteiger partial charge on any atom is 0.224 e. The third kappa shape index (κ3) is 7.45. The highest BCUT2D eigenvalue weighted by Crippen LogP contribution is 2.16. The molecule has 1 fully saturated rings. The van der Waals surface area contributed by atoms with Crippen LogP contribution < -0.4 is 10.6 Å². The predicted octanol–water partition coefficient (Wildman–Crippen LogP) is 1.65. The number of carbonyl (C=O) groups is 1. The van der Waals surface area contributed by atoms with Crippen molar-refractivity contribution in [2.45, 2.75) is 12.8 Å². The Kier molecular flexibility index (Phi) is 10.5. The van der Waals surface area contributed by atoms with Crippen molar-refractivity contribution in [1.29, 1.82) is 0 Å². The largest absolute Gasteiger partial charge is 0.384 e. The minimum absolute atomic E-state index is 0. The number of aliphatic imine (C=N–C) groups is 1. The summed E-state index contributed by atoms with van der Waals surface area (Å²) in [6.45, 7) is 3.78. The molecule has 1 unspecified atom stereocenters. The summed E-state index contributed by atoms with van der Waals surface area (Å²) >= 11 is 0. The summed E-state index contributed by atoms with van der Waals surface area (Å²) in [5, 5.41) is 6.13. The number of nitrogens with zero attached hydrogens (tertiary/aromatic N) is 2. The molecule has 1 atom stereocenters. The van der Waals surface area contributed by atoms with E-state index in [4.69, 9.17) is 4.74 Å². The fraction of sp³-hybridized carbons (Fsp3) is 0.556. The smallest absolute Gasteiger partial charge is 0.224 e. The zero-order valence-electron chi connectivity index (χ0n) is 15.3. The molecule has 1 heterocycles. The molecular formula is C18H28FIN4O2. The minimum atomic E-state index is -0.297. The summed E-state index contributed by atoms with van der Waals surface area (Å²) < 4.78 is 18.1. The number of benzene rings is 1. The molecule has 0 aliphatic carbocycles. The van der Waals surface area contributed by atoms with Crippen LogP contribution in [0.25, 0.3) is 0 Å². The van der Waals surface area contributed by atoms with Crippen LogP contribution in [-0.4, -0.2) is 63.7 Å². The highest BCUT2D eigenvalue weighted by Gasteiger charge is 2.24. The topological polar surface area (TPSA) is 66.0 Å². The summed E-state index contributed by atoms with van der Waals surface area (Å²) in [7, 11) is 3.49. The lowest BCUT2D eigenvalue weighted by molar-refractivity contribution is -0.120. The van der Waals surface area contributed by atoms with Gasteiger partial charge in [0.25, 0.3) is 0 Å². The highest BCUT2D eigenvalue weighted by molar-refractivity contribution is 14.0. The molecular weight excluding hydrogens is 450 g/mol. The van der Waals surface area contributed by atoms with E-state index in [1.165, 1.54) is 12.1 Å². The lowest BCUT2D eigenvalue weighted by atomic mass is 10.1. The van der Waals surface area contributed by atoms with Crippen molar-refractivity contribution >= 4 is 35.8 Å². The van der Waals surface area contributed by atoms with E-state index >= 15 is 0 Å². The number of nitrogens with one attached hydrogen (secondary N) is 2. The molecule has 0 spiro atoms. The van der Waals surface area contributed by atoms with Crippen LogP contribution in [0.2, 0.25) is 0 Å². The van der Waals surface area contributed by atoms with Gasteiger partial charge in [0.2, 0.25) is 5.91 Å². The van der Waals surface area contributed by atoms with Crippen LogP contribution in [0.15, 0.2) is 29.3 Å². The molecule has 0 saturated carbocycles. The first kappa shape index (κ1) is 22.6. The van der Waals surface area contributed by atoms with Crippen molar-refractivity contribution in [1.82, 2.24) is 15.5 Å². The Morgan fingerprint density at radius 2 is 2.00 bits per heavy atom. The summed E-state index contributed by atoms with van der Waals surface area (Å²) in [6.07, 6.45) is 1.35. The highest BCUT2D eigenvalue weighted by atomic mass is 127. The van der Waals surface area contributed by atoms with Crippen molar-refractivity contribution < 1.29 is 13.9 Å². The molecule has 0 bridgehead atoms. The molecule has 1 saturated heterocycles. The SMILES string of the molecule is CN=C(NCCNC(=O)Cc1ccc(F)cc1)N1CCC(COC)C1.I. The van der Waals surface area contributed by atoms with Gasteiger partial charge in [-0.1, -0.05) is 12.1 Å². The molecule has 1 aromatic rings. The number of guanidine groups is 1. The normalized spacial score (nSPS) is 17.0. The average molecular weight is 478 g/mol. The number of likely N-dealkylation sites (tertiary alicyclic amines) is 1. The zero-order valence-corrected chi connectivity index (χ0v) is 17.7. The van der Waals surface area contributed by atoms with Crippen molar-refractivity contribution in [2.24, 2.45) is 10.9 Å². The van der Waals surface area contributed by atoms with Crippen LogP contribution in [0.5, 0.6) is 0 Å². The fourth-order valence-corrected chi connectivity index (χ4v) is 2.96. The Labute approximate surface area is 171 Å². The van der Waals surface area contributed by atoms with Gasteiger partial charge in [0.15, 0.2) is 5.96 Å². The lowest BCUT2D eigenvalue weighted by Gasteiger charge is -2.21. The van der Waals surface area contributed by atoms with E-state index in [0.29, 0.717) is 19.0 Å². The van der Waals surface area contributed by atoms with E-state index in [2.05, 4.69) is 20.5 Å². The van der Waals surface area contributed by atoms with E-state index in [-0.39, 0.29) is 42.1 Å². The van der Waals surface area contributed by atoms with E-state index in [9.17, 15) is 9.18 Å². The van der Waals surface area contributed by atoms with E-state index in [0.717, 1.165) is 37.6 Å². The number of carbonyl (C=O) groups excluding carboxylic acids is 1. The molecule has 1 amide bonds. The van der Waals surface area contributed by atoms with Crippen LogP contribution in [0.4, 0.5) is 4.39 Å². The summed E-state index contributed by atoms with van der Waals surface area (Å²) in [5.41, 5.74) is 0.795. The first-order valence-electron chi connectivity index (χ1n) is 8.58. The van der Waals surface area contributed by atoms with Crippen LogP contribution >= 0.6 is 24.0 Å². The molecule has 2 rings (SSSR count). The van der Waals surface area contributed by atoms with Gasteiger partial charge >= 0.3 is 0 Å². The standard InChI is InChI=1S/C18H27FN4O2.HI/c1-20-18(23-10-7-15(12-23)13-25-2)22-9-8-21-17(24)11-14-3-5-16(19)6-4-14;/h3-6,15H,7-13H2,1-2H3,(H,20,22)(H,21,24);1H. The molecule has 6 nitrogen and oxygen atoms in total. The van der Waals surface area contributed by atoms with Crippen LogP contribution in [0.1, 0.15) is 12.0 Å². The minimum Gasteiger partial charge on any atom is -0.384 e. The van der Waals surface area contributed by atoms with Gasteiger partial charge in [0, 0.05) is 46.3 Å².